The lowest BCUT2D eigenvalue weighted by atomic mass is 9.89. The fourth-order valence-electron chi connectivity index (χ4n) is 8.34. The highest BCUT2D eigenvalue weighted by Gasteiger charge is 2.33. The number of anilines is 2. The second-order valence-corrected chi connectivity index (χ2v) is 18.5. The number of nitrogens with zero attached hydrogens (tertiary/aromatic N) is 4. The van der Waals surface area contributed by atoms with Crippen molar-refractivity contribution in [3.63, 3.8) is 0 Å². The van der Waals surface area contributed by atoms with Crippen LogP contribution < -0.4 is 27.0 Å². The van der Waals surface area contributed by atoms with Crippen LogP contribution in [0.3, 0.4) is 0 Å². The van der Waals surface area contributed by atoms with Crippen molar-refractivity contribution in [1.82, 2.24) is 20.3 Å². The maximum Gasteiger partial charge on any atom is 0.336 e. The first kappa shape index (κ1) is 46.7. The molecule has 0 saturated carbocycles. The van der Waals surface area contributed by atoms with E-state index in [9.17, 15) is 55.3 Å². The highest BCUT2D eigenvalue weighted by atomic mass is 32.2. The van der Waals surface area contributed by atoms with Crippen LogP contribution in [0.15, 0.2) is 105 Å². The van der Waals surface area contributed by atoms with Crippen molar-refractivity contribution in [2.75, 3.05) is 17.2 Å². The molecule has 350 valence electrons. The van der Waals surface area contributed by atoms with E-state index in [1.54, 1.807) is 27.8 Å². The third kappa shape index (κ3) is 8.78. The van der Waals surface area contributed by atoms with Gasteiger partial charge >= 0.3 is 11.9 Å². The maximum absolute atomic E-state index is 14.2. The van der Waals surface area contributed by atoms with Gasteiger partial charge in [-0.05, 0) is 72.9 Å². The third-order valence-corrected chi connectivity index (χ3v) is 13.3. The number of hydrogen-bond donors (Lipinski definition) is 8. The smallest absolute Gasteiger partial charge is 0.336 e. The highest BCUT2D eigenvalue weighted by Crippen LogP contribution is 2.46. The van der Waals surface area contributed by atoms with Crippen LogP contribution in [0, 0.1) is 5.41 Å². The molecular weight excluding hydrogens is 925 g/mol. The van der Waals surface area contributed by atoms with Crippen LogP contribution in [0.2, 0.25) is 0 Å². The number of amides is 2. The molecule has 68 heavy (non-hydrogen) atoms. The Morgan fingerprint density at radius 2 is 1.53 bits per heavy atom. The fraction of sp³-hybridized carbons (Fsp3) is 0.178. The molecule has 0 unspecified atom stereocenters. The largest absolute Gasteiger partial charge is 0.480 e. The van der Waals surface area contributed by atoms with Gasteiger partial charge in [-0.1, -0.05) is 53.7 Å². The second-order valence-electron chi connectivity index (χ2n) is 15.8. The van der Waals surface area contributed by atoms with E-state index in [1.165, 1.54) is 24.3 Å². The molecule has 0 radical (unpaired) electrons. The van der Waals surface area contributed by atoms with E-state index in [0.717, 1.165) is 35.0 Å². The summed E-state index contributed by atoms with van der Waals surface area (Å²) < 4.78 is 78.0. The second kappa shape index (κ2) is 18.1. The summed E-state index contributed by atoms with van der Waals surface area (Å²) in [4.78, 5) is 51.5. The van der Waals surface area contributed by atoms with Crippen LogP contribution in [0.4, 0.5) is 11.4 Å². The number of aromatic nitrogens is 3. The zero-order chi connectivity index (χ0) is 48.8. The van der Waals surface area contributed by atoms with Crippen LogP contribution >= 0.6 is 0 Å². The average Bonchev–Trinajstić information content (AvgIpc) is 3.69. The number of carboxylic acids is 2. The predicted molar refractivity (Wildman–Crippen MR) is 244 cm³/mol. The number of aromatic carboxylic acids is 1. The van der Waals surface area contributed by atoms with Gasteiger partial charge in [0.15, 0.2) is 21.1 Å². The Morgan fingerprint density at radius 3 is 2.24 bits per heavy atom. The summed E-state index contributed by atoms with van der Waals surface area (Å²) >= 11 is 0. The maximum atomic E-state index is 14.2. The lowest BCUT2D eigenvalue weighted by Gasteiger charge is -2.28. The molecule has 0 fully saturated rings. The summed E-state index contributed by atoms with van der Waals surface area (Å²) in [7, 11) is -10.4. The lowest BCUT2D eigenvalue weighted by Crippen LogP contribution is -2.35. The molecule has 1 aliphatic carbocycles. The van der Waals surface area contributed by atoms with Crippen molar-refractivity contribution in [2.45, 2.75) is 54.6 Å². The number of hydrogen-bond acceptors (Lipinski definition) is 14. The highest BCUT2D eigenvalue weighted by molar-refractivity contribution is 7.86. The number of nitrogens with two attached hydrogens (primary N) is 2. The number of fused-ring (bicyclic) bond motifs is 7. The molecule has 0 spiro atoms. The Hall–Kier alpha value is -7.83. The number of para-hydroxylation sites is 1. The number of aryl methyl sites for hydroxylation is 1. The molecule has 3 heterocycles. The summed E-state index contributed by atoms with van der Waals surface area (Å²) in [6.07, 6.45) is 1.21. The van der Waals surface area contributed by atoms with E-state index in [0.29, 0.717) is 42.8 Å². The number of rotatable bonds is 14. The van der Waals surface area contributed by atoms with Gasteiger partial charge in [0.05, 0.1) is 34.5 Å². The van der Waals surface area contributed by atoms with E-state index in [2.05, 4.69) is 15.6 Å². The number of nitrogens with one attached hydrogen (secondary N) is 2. The third-order valence-electron chi connectivity index (χ3n) is 11.5. The van der Waals surface area contributed by atoms with Crippen LogP contribution in [0.25, 0.3) is 55.9 Å². The average molecular weight is 965 g/mol. The first-order chi connectivity index (χ1) is 32.3. The van der Waals surface area contributed by atoms with Gasteiger partial charge in [-0.2, -0.15) is 16.8 Å². The fourth-order valence-corrected chi connectivity index (χ4v) is 9.82. The molecule has 1 atom stereocenters. The molecule has 10 N–H and O–H groups in total. The summed E-state index contributed by atoms with van der Waals surface area (Å²) in [6.45, 7) is 0.363. The molecular formula is C45H40N8O13S2. The Labute approximate surface area is 386 Å². The summed E-state index contributed by atoms with van der Waals surface area (Å²) in [5, 5.41) is 38.6. The molecule has 5 aromatic rings. The van der Waals surface area contributed by atoms with Crippen LogP contribution in [0.1, 0.15) is 52.0 Å². The van der Waals surface area contributed by atoms with Gasteiger partial charge in [0, 0.05) is 52.7 Å². The van der Waals surface area contributed by atoms with Crippen molar-refractivity contribution in [3.05, 3.63) is 113 Å². The number of benzene rings is 5. The van der Waals surface area contributed by atoms with Crippen LogP contribution in [-0.4, -0.2) is 87.5 Å². The lowest BCUT2D eigenvalue weighted by molar-refractivity contribution is -0.138. The number of carbonyl (C=O) groups excluding carboxylic acids is 2. The molecule has 0 saturated heterocycles. The van der Waals surface area contributed by atoms with Gasteiger partial charge in [-0.15, -0.1) is 5.10 Å². The van der Waals surface area contributed by atoms with Crippen molar-refractivity contribution >= 4 is 66.3 Å². The minimum atomic E-state index is -5.25. The molecule has 3 aliphatic rings. The first-order valence-corrected chi connectivity index (χ1v) is 23.5. The number of carboxylic acid groups (broad SMARTS) is 2. The van der Waals surface area contributed by atoms with E-state index < -0.39 is 81.9 Å². The zero-order valence-corrected chi connectivity index (χ0v) is 37.0. The van der Waals surface area contributed by atoms with Crippen molar-refractivity contribution in [2.24, 2.45) is 5.73 Å². The summed E-state index contributed by atoms with van der Waals surface area (Å²) in [5.41, 5.74) is 13.0. The molecule has 2 aliphatic heterocycles. The van der Waals surface area contributed by atoms with Crippen LogP contribution in [0.5, 0.6) is 0 Å². The standard InChI is InChI=1S/C45H40N8O13S2/c46-31-16-14-28-36(29-15-17-32(47)42(68(63,64)65)40(29)66-39(28)41(31)67(60,61)62)26-13-12-23(21-30(26)44(56)57)43(55)49-19-18-35(54)52-22-24-7-1-2-8-25(24)38-37(27-9-3-4-11-34(27)52)50-51-53(38)20-6-5-10-33(48)45(58)59/h1-4,7-9,11-17,21,33,46H,5-6,10,18-20,22,47-48H2,(H,49,55)(H,56,57)(H,58,59)(H,60,61,62)(H,63,64,65)/t33-/m0/s1. The topological polar surface area (TPSA) is 352 Å². The van der Waals surface area contributed by atoms with Gasteiger partial charge in [-0.25, -0.2) is 9.48 Å². The zero-order valence-electron chi connectivity index (χ0n) is 35.4. The normalized spacial score (nSPS) is 13.0. The Bertz CT molecular complexity index is 3500. The van der Waals surface area contributed by atoms with Crippen LogP contribution in [-0.2, 0) is 42.9 Å². The minimum absolute atomic E-state index is 0.130. The summed E-state index contributed by atoms with van der Waals surface area (Å²) in [6, 6.07) is 21.6. The summed E-state index contributed by atoms with van der Waals surface area (Å²) in [5.74, 6) is -4.56. The van der Waals surface area contributed by atoms with E-state index in [1.807, 2.05) is 30.3 Å². The number of nitrogen functional groups attached to an aromatic ring is 1. The molecule has 8 rings (SSSR count). The van der Waals surface area contributed by atoms with Crippen molar-refractivity contribution < 1.29 is 59.7 Å². The molecule has 0 bridgehead atoms. The van der Waals surface area contributed by atoms with E-state index in [-0.39, 0.29) is 53.1 Å². The number of unbranched alkanes of at least 4 members (excludes halogenated alkanes) is 1. The molecule has 1 aromatic heterocycles. The molecule has 2 amide bonds. The molecule has 21 nitrogen and oxygen atoms in total. The van der Waals surface area contributed by atoms with Crippen molar-refractivity contribution in [1.29, 1.82) is 5.41 Å². The van der Waals surface area contributed by atoms with Gasteiger partial charge in [0.2, 0.25) is 5.91 Å². The Kier molecular flexibility index (Phi) is 12.4. The Morgan fingerprint density at radius 1 is 0.838 bits per heavy atom. The van der Waals surface area contributed by atoms with E-state index >= 15 is 0 Å². The Balaban J connectivity index is 1.08. The van der Waals surface area contributed by atoms with E-state index in [4.69, 9.17) is 21.3 Å². The quantitative estimate of drug-likeness (QED) is 0.0319. The number of carbonyl (C=O) groups is 4. The van der Waals surface area contributed by atoms with Gasteiger partial charge in [0.25, 0.3) is 26.1 Å². The predicted octanol–water partition coefficient (Wildman–Crippen LogP) is 4.63. The number of aliphatic carboxylic acids is 1. The van der Waals surface area contributed by atoms with Gasteiger partial charge < -0.3 is 36.3 Å². The molecule has 23 heteroatoms. The SMILES string of the molecule is N=c1ccc2c(-c3ccc(C(=O)NCCC(=O)N4Cc5ccccc5-c5c(nnn5CCCC[C@H](N)C(=O)O)-c5ccccc54)cc3C(=O)O)c3ccc(N)c(S(=O)(=O)O)c3oc-2c1S(=O)(=O)O. The van der Waals surface area contributed by atoms with Gasteiger partial charge in [-0.3, -0.25) is 28.9 Å². The minimum Gasteiger partial charge on any atom is -0.480 e. The van der Waals surface area contributed by atoms with Crippen molar-refractivity contribution in [3.8, 4) is 45.0 Å². The first-order valence-electron chi connectivity index (χ1n) is 20.6. The molecule has 4 aromatic carbocycles. The van der Waals surface area contributed by atoms with Gasteiger partial charge in [0.1, 0.15) is 11.7 Å². The monoisotopic (exact) mass is 964 g/mol.